The van der Waals surface area contributed by atoms with Gasteiger partial charge in [-0.1, -0.05) is 0 Å². The average molecular weight is 305 g/mol. The molecule has 0 bridgehead atoms. The molecule has 1 N–H and O–H groups in total. The van der Waals surface area contributed by atoms with Gasteiger partial charge in [-0.15, -0.1) is 0 Å². The molecule has 0 spiro atoms. The van der Waals surface area contributed by atoms with Crippen molar-refractivity contribution in [2.24, 2.45) is 0 Å². The number of ether oxygens (including phenoxy) is 1. The zero-order chi connectivity index (χ0) is 16.4. The van der Waals surface area contributed by atoms with E-state index in [1.54, 1.807) is 18.2 Å². The molecule has 0 aliphatic carbocycles. The van der Waals surface area contributed by atoms with E-state index in [-0.39, 0.29) is 11.4 Å². The monoisotopic (exact) mass is 305 g/mol. The van der Waals surface area contributed by atoms with E-state index in [1.165, 1.54) is 26.0 Å². The molecule has 0 radical (unpaired) electrons. The lowest BCUT2D eigenvalue weighted by Crippen LogP contribution is -2.36. The van der Waals surface area contributed by atoms with Gasteiger partial charge in [-0.3, -0.25) is 10.1 Å². The minimum atomic E-state index is -1.07. The number of aromatic nitrogens is 1. The van der Waals surface area contributed by atoms with E-state index < -0.39 is 16.9 Å². The number of carboxylic acids is 1. The fraction of sp³-hybridized carbons (Fsp3) is 0.286. The van der Waals surface area contributed by atoms with E-state index in [9.17, 15) is 14.9 Å². The van der Waals surface area contributed by atoms with Crippen molar-refractivity contribution in [2.45, 2.75) is 13.0 Å². The van der Waals surface area contributed by atoms with Crippen LogP contribution in [0, 0.1) is 10.1 Å². The van der Waals surface area contributed by atoms with E-state index in [4.69, 9.17) is 9.84 Å². The SMILES string of the molecule is COc1ccc2c(N(C)C(C)C(=O)O)c([N+](=O)[O-])cnc2c1. The van der Waals surface area contributed by atoms with Crippen molar-refractivity contribution in [3.63, 3.8) is 0 Å². The highest BCUT2D eigenvalue weighted by Crippen LogP contribution is 2.36. The highest BCUT2D eigenvalue weighted by Gasteiger charge is 2.27. The molecule has 8 heteroatoms. The molecule has 0 amide bonds. The predicted molar refractivity (Wildman–Crippen MR) is 80.5 cm³/mol. The second-order valence-corrected chi connectivity index (χ2v) is 4.76. The summed E-state index contributed by atoms with van der Waals surface area (Å²) in [6, 6.07) is 4.00. The van der Waals surface area contributed by atoms with E-state index in [0.29, 0.717) is 16.7 Å². The normalized spacial score (nSPS) is 12.0. The van der Waals surface area contributed by atoms with Crippen LogP contribution in [0.5, 0.6) is 5.75 Å². The van der Waals surface area contributed by atoms with Crippen LogP contribution < -0.4 is 9.64 Å². The van der Waals surface area contributed by atoms with Crippen LogP contribution in [0.1, 0.15) is 6.92 Å². The Labute approximate surface area is 126 Å². The zero-order valence-electron chi connectivity index (χ0n) is 12.3. The molecule has 0 fully saturated rings. The minimum absolute atomic E-state index is 0.215. The largest absolute Gasteiger partial charge is 0.497 e. The first-order valence-corrected chi connectivity index (χ1v) is 6.43. The van der Waals surface area contributed by atoms with Crippen molar-refractivity contribution < 1.29 is 19.6 Å². The van der Waals surface area contributed by atoms with Crippen molar-refractivity contribution in [1.29, 1.82) is 0 Å². The van der Waals surface area contributed by atoms with E-state index in [2.05, 4.69) is 4.98 Å². The summed E-state index contributed by atoms with van der Waals surface area (Å²) in [7, 11) is 3.01. The number of methoxy groups -OCH3 is 1. The lowest BCUT2D eigenvalue weighted by atomic mass is 10.1. The molecular weight excluding hydrogens is 290 g/mol. The van der Waals surface area contributed by atoms with Gasteiger partial charge in [-0.05, 0) is 19.1 Å². The Morgan fingerprint density at radius 3 is 2.73 bits per heavy atom. The van der Waals surface area contributed by atoms with Gasteiger partial charge in [0.05, 0.1) is 17.5 Å². The summed E-state index contributed by atoms with van der Waals surface area (Å²) in [5.41, 5.74) is 0.463. The maximum atomic E-state index is 11.3. The number of nitrogens with zero attached hydrogens (tertiary/aromatic N) is 3. The number of fused-ring (bicyclic) bond motifs is 1. The smallest absolute Gasteiger partial charge is 0.326 e. The Kier molecular flexibility index (Phi) is 4.11. The van der Waals surface area contributed by atoms with Crippen molar-refractivity contribution in [2.75, 3.05) is 19.1 Å². The molecule has 0 saturated carbocycles. The number of carbonyl (C=O) groups is 1. The van der Waals surface area contributed by atoms with Crippen LogP contribution in [-0.4, -0.2) is 41.2 Å². The highest BCUT2D eigenvalue weighted by molar-refractivity contribution is 5.98. The third-order valence-electron chi connectivity index (χ3n) is 3.52. The van der Waals surface area contributed by atoms with Crippen LogP contribution in [0.25, 0.3) is 10.9 Å². The second kappa shape index (κ2) is 5.84. The maximum Gasteiger partial charge on any atom is 0.326 e. The molecule has 1 aromatic heterocycles. The molecule has 2 aromatic rings. The first-order valence-electron chi connectivity index (χ1n) is 6.43. The molecule has 22 heavy (non-hydrogen) atoms. The maximum absolute atomic E-state index is 11.3. The number of likely N-dealkylation sites (N-methyl/N-ethyl adjacent to an activating group) is 1. The predicted octanol–water partition coefficient (Wildman–Crippen LogP) is 2.06. The Bertz CT molecular complexity index is 747. The van der Waals surface area contributed by atoms with Gasteiger partial charge in [0.2, 0.25) is 0 Å². The Morgan fingerprint density at radius 1 is 1.50 bits per heavy atom. The van der Waals surface area contributed by atoms with Gasteiger partial charge in [0.1, 0.15) is 23.7 Å². The third-order valence-corrected chi connectivity index (χ3v) is 3.52. The number of anilines is 1. The Balaban J connectivity index is 2.73. The van der Waals surface area contributed by atoms with Gasteiger partial charge in [-0.25, -0.2) is 9.78 Å². The fourth-order valence-corrected chi connectivity index (χ4v) is 2.14. The molecule has 1 atom stereocenters. The number of aliphatic carboxylic acids is 1. The van der Waals surface area contributed by atoms with Crippen molar-refractivity contribution in [1.82, 2.24) is 4.98 Å². The molecule has 1 aromatic carbocycles. The number of pyridine rings is 1. The number of benzene rings is 1. The van der Waals surface area contributed by atoms with Crippen LogP contribution in [0.15, 0.2) is 24.4 Å². The lowest BCUT2D eigenvalue weighted by Gasteiger charge is -2.24. The van der Waals surface area contributed by atoms with Gasteiger partial charge in [0.15, 0.2) is 0 Å². The molecule has 8 nitrogen and oxygen atoms in total. The summed E-state index contributed by atoms with van der Waals surface area (Å²) < 4.78 is 5.10. The van der Waals surface area contributed by atoms with Crippen LogP contribution in [0.3, 0.4) is 0 Å². The van der Waals surface area contributed by atoms with Crippen LogP contribution >= 0.6 is 0 Å². The van der Waals surface area contributed by atoms with Crippen molar-refractivity contribution in [3.8, 4) is 5.75 Å². The second-order valence-electron chi connectivity index (χ2n) is 4.76. The lowest BCUT2D eigenvalue weighted by molar-refractivity contribution is -0.384. The summed E-state index contributed by atoms with van der Waals surface area (Å²) in [4.78, 5) is 27.3. The quantitative estimate of drug-likeness (QED) is 0.665. The van der Waals surface area contributed by atoms with Gasteiger partial charge in [0, 0.05) is 18.5 Å². The highest BCUT2D eigenvalue weighted by atomic mass is 16.6. The van der Waals surface area contributed by atoms with Gasteiger partial charge >= 0.3 is 11.7 Å². The van der Waals surface area contributed by atoms with E-state index >= 15 is 0 Å². The standard InChI is InChI=1S/C14H15N3O5/c1-8(14(18)19)16(2)13-10-5-4-9(22-3)6-11(10)15-7-12(13)17(20)21/h4-8H,1-3H3,(H,18,19). The molecule has 1 unspecified atom stereocenters. The topological polar surface area (TPSA) is 106 Å². The third kappa shape index (κ3) is 2.62. The number of rotatable bonds is 5. The first kappa shape index (κ1) is 15.5. The molecule has 116 valence electrons. The van der Waals surface area contributed by atoms with Crippen LogP contribution in [0.2, 0.25) is 0 Å². The first-order chi connectivity index (χ1) is 10.4. The van der Waals surface area contributed by atoms with Gasteiger partial charge in [-0.2, -0.15) is 0 Å². The Morgan fingerprint density at radius 2 is 2.18 bits per heavy atom. The summed E-state index contributed by atoms with van der Waals surface area (Å²) in [6.45, 7) is 1.46. The molecule has 0 aliphatic heterocycles. The number of hydrogen-bond acceptors (Lipinski definition) is 6. The number of carboxylic acid groups (broad SMARTS) is 1. The molecule has 1 heterocycles. The molecule has 0 saturated heterocycles. The molecule has 0 aliphatic rings. The summed E-state index contributed by atoms with van der Waals surface area (Å²) >= 11 is 0. The number of nitro groups is 1. The van der Waals surface area contributed by atoms with Gasteiger partial charge < -0.3 is 14.7 Å². The molecular formula is C14H15N3O5. The minimum Gasteiger partial charge on any atom is -0.497 e. The Hall–Kier alpha value is -2.90. The molecule has 2 rings (SSSR count). The average Bonchev–Trinajstić information content (AvgIpc) is 2.51. The van der Waals surface area contributed by atoms with Gasteiger partial charge in [0.25, 0.3) is 0 Å². The van der Waals surface area contributed by atoms with Crippen molar-refractivity contribution >= 4 is 28.2 Å². The van der Waals surface area contributed by atoms with E-state index in [1.807, 2.05) is 0 Å². The van der Waals surface area contributed by atoms with Crippen molar-refractivity contribution in [3.05, 3.63) is 34.5 Å². The zero-order valence-corrected chi connectivity index (χ0v) is 12.3. The van der Waals surface area contributed by atoms with Crippen LogP contribution in [0.4, 0.5) is 11.4 Å². The summed E-state index contributed by atoms with van der Waals surface area (Å²) in [5, 5.41) is 20.9. The number of hydrogen-bond donors (Lipinski definition) is 1. The summed E-state index contributed by atoms with van der Waals surface area (Å²) in [5.74, 6) is -0.510. The van der Waals surface area contributed by atoms with Crippen LogP contribution in [-0.2, 0) is 4.79 Å². The fourth-order valence-electron chi connectivity index (χ4n) is 2.14. The summed E-state index contributed by atoms with van der Waals surface area (Å²) in [6.07, 6.45) is 1.13. The van der Waals surface area contributed by atoms with E-state index in [0.717, 1.165) is 6.20 Å².